The lowest BCUT2D eigenvalue weighted by Crippen LogP contribution is -2.54. The highest BCUT2D eigenvalue weighted by Crippen LogP contribution is 2.41. The number of rotatable bonds is 7. The van der Waals surface area contributed by atoms with Gasteiger partial charge < -0.3 is 9.80 Å². The molecule has 1 aliphatic carbocycles. The minimum atomic E-state index is -5.10. The molecule has 1 saturated carbocycles. The van der Waals surface area contributed by atoms with Crippen molar-refractivity contribution in [2.75, 3.05) is 35.9 Å². The smallest absolute Gasteiger partial charge is 0.350 e. The molecule has 1 amide bonds. The maximum Gasteiger partial charge on any atom is 0.417 e. The molecule has 0 bridgehead atoms. The second-order valence-electron chi connectivity index (χ2n) is 11.9. The molecule has 1 aliphatic heterocycles. The zero-order chi connectivity index (χ0) is 35.6. The molecule has 258 valence electrons. The molecule has 49 heavy (non-hydrogen) atoms. The van der Waals surface area contributed by atoms with Crippen LogP contribution in [0.5, 0.6) is 0 Å². The minimum absolute atomic E-state index is 0.0842. The van der Waals surface area contributed by atoms with Crippen LogP contribution < -0.4 is 14.9 Å². The zero-order valence-electron chi connectivity index (χ0n) is 26.5. The Morgan fingerprint density at radius 1 is 1.10 bits per heavy atom. The molecule has 0 unspecified atom stereocenters. The van der Waals surface area contributed by atoms with Gasteiger partial charge in [-0.05, 0) is 62.6 Å². The number of hydrogen-bond donors (Lipinski definition) is 0. The highest BCUT2D eigenvalue weighted by atomic mass is 32.2. The number of amides is 1. The van der Waals surface area contributed by atoms with Gasteiger partial charge in [0.2, 0.25) is 15.9 Å². The van der Waals surface area contributed by atoms with Crippen molar-refractivity contribution in [3.05, 3.63) is 82.4 Å². The van der Waals surface area contributed by atoms with E-state index >= 15 is 8.78 Å². The molecule has 4 aromatic rings. The molecular formula is C32H30F5N7O4S. The van der Waals surface area contributed by atoms with E-state index in [1.807, 2.05) is 0 Å². The first-order valence-corrected chi connectivity index (χ1v) is 16.7. The number of halogens is 5. The van der Waals surface area contributed by atoms with E-state index in [9.17, 15) is 31.2 Å². The fourth-order valence-electron chi connectivity index (χ4n) is 6.06. The van der Waals surface area contributed by atoms with Crippen LogP contribution in [-0.4, -0.2) is 76.7 Å². The lowest BCUT2D eigenvalue weighted by molar-refractivity contribution is -0.137. The van der Waals surface area contributed by atoms with E-state index in [4.69, 9.17) is 0 Å². The average Bonchev–Trinajstić information content (AvgIpc) is 3.90. The fourth-order valence-corrected chi connectivity index (χ4v) is 7.61. The van der Waals surface area contributed by atoms with Crippen molar-refractivity contribution in [3.8, 4) is 16.9 Å². The van der Waals surface area contributed by atoms with E-state index in [0.29, 0.717) is 24.5 Å². The standard InChI is InChI=1S/C32H30F5N7O4S/c1-5-24(45)42-13-14-43(18(3)16-42)28-20-15-23(34)26(25-21(32(35,36)37)7-6-8-22(25)33)39-29(20)44(31(46)40-28)27-17(2)11-12-38-30(27)41(4)49(47,48)19-9-10-19/h5-8,11-12,15,18-19H,1,9-10,13-14,16H2,2-4H3/t18-/m0/s1. The Labute approximate surface area is 277 Å². The van der Waals surface area contributed by atoms with Gasteiger partial charge in [-0.15, -0.1) is 0 Å². The normalized spacial score (nSPS) is 17.0. The van der Waals surface area contributed by atoms with Crippen LogP contribution in [0.25, 0.3) is 28.0 Å². The molecule has 1 saturated heterocycles. The van der Waals surface area contributed by atoms with Crippen LogP contribution in [0.2, 0.25) is 0 Å². The van der Waals surface area contributed by atoms with E-state index in [-0.39, 0.29) is 48.3 Å². The van der Waals surface area contributed by atoms with Gasteiger partial charge in [0.25, 0.3) is 0 Å². The van der Waals surface area contributed by atoms with Crippen molar-refractivity contribution >= 4 is 38.6 Å². The number of aromatic nitrogens is 4. The number of carbonyl (C=O) groups is 1. The number of piperazine rings is 1. The van der Waals surface area contributed by atoms with E-state index in [1.165, 1.54) is 24.2 Å². The summed E-state index contributed by atoms with van der Waals surface area (Å²) < 4.78 is 102. The van der Waals surface area contributed by atoms with E-state index < -0.39 is 67.3 Å². The Bertz CT molecular complexity index is 2190. The number of nitrogens with zero attached hydrogens (tertiary/aromatic N) is 7. The third kappa shape index (κ3) is 5.89. The van der Waals surface area contributed by atoms with Gasteiger partial charge in [0, 0.05) is 38.9 Å². The zero-order valence-corrected chi connectivity index (χ0v) is 27.3. The van der Waals surface area contributed by atoms with Crippen molar-refractivity contribution in [2.45, 2.75) is 44.2 Å². The lowest BCUT2D eigenvalue weighted by atomic mass is 10.0. The van der Waals surface area contributed by atoms with Crippen molar-refractivity contribution in [3.63, 3.8) is 0 Å². The number of hydrogen-bond acceptors (Lipinski definition) is 8. The third-order valence-corrected chi connectivity index (χ3v) is 10.9. The van der Waals surface area contributed by atoms with Crippen LogP contribution in [0.1, 0.15) is 30.9 Å². The molecule has 1 atom stereocenters. The van der Waals surface area contributed by atoms with Crippen molar-refractivity contribution < 1.29 is 35.2 Å². The molecule has 4 heterocycles. The largest absolute Gasteiger partial charge is 0.417 e. The number of sulfonamides is 1. The summed E-state index contributed by atoms with van der Waals surface area (Å²) in [5.74, 6) is -3.36. The molecule has 6 rings (SSSR count). The molecule has 0 radical (unpaired) electrons. The molecule has 3 aromatic heterocycles. The van der Waals surface area contributed by atoms with E-state index in [2.05, 4.69) is 21.5 Å². The second kappa shape index (κ2) is 12.2. The van der Waals surface area contributed by atoms with Crippen LogP contribution in [-0.2, 0) is 21.0 Å². The summed E-state index contributed by atoms with van der Waals surface area (Å²) in [6.45, 7) is 7.25. The average molecular weight is 704 g/mol. The minimum Gasteiger partial charge on any atom is -0.350 e. The lowest BCUT2D eigenvalue weighted by Gasteiger charge is -2.40. The number of aryl methyl sites for hydroxylation is 1. The Morgan fingerprint density at radius 3 is 2.45 bits per heavy atom. The molecule has 2 fully saturated rings. The van der Waals surface area contributed by atoms with Crippen LogP contribution in [0.4, 0.5) is 33.6 Å². The molecule has 0 spiro atoms. The fraction of sp³-hybridized carbons (Fsp3) is 0.344. The third-order valence-electron chi connectivity index (χ3n) is 8.70. The first-order chi connectivity index (χ1) is 23.1. The first kappa shape index (κ1) is 34.0. The van der Waals surface area contributed by atoms with Gasteiger partial charge in [0.15, 0.2) is 17.3 Å². The Kier molecular flexibility index (Phi) is 8.45. The number of benzene rings is 1. The maximum absolute atomic E-state index is 16.1. The van der Waals surface area contributed by atoms with E-state index in [1.54, 1.807) is 18.7 Å². The molecular weight excluding hydrogens is 673 g/mol. The van der Waals surface area contributed by atoms with Gasteiger partial charge in [0.1, 0.15) is 17.3 Å². The maximum atomic E-state index is 16.1. The quantitative estimate of drug-likeness (QED) is 0.202. The number of fused-ring (bicyclic) bond motifs is 1. The van der Waals surface area contributed by atoms with Crippen LogP contribution in [0, 0.1) is 18.6 Å². The Morgan fingerprint density at radius 2 is 1.82 bits per heavy atom. The highest BCUT2D eigenvalue weighted by molar-refractivity contribution is 7.93. The van der Waals surface area contributed by atoms with Crippen molar-refractivity contribution in [1.82, 2.24) is 24.4 Å². The van der Waals surface area contributed by atoms with Crippen molar-refractivity contribution in [1.29, 1.82) is 0 Å². The number of anilines is 2. The monoisotopic (exact) mass is 703 g/mol. The topological polar surface area (TPSA) is 122 Å². The van der Waals surface area contributed by atoms with Gasteiger partial charge >= 0.3 is 11.9 Å². The van der Waals surface area contributed by atoms with Gasteiger partial charge in [-0.2, -0.15) is 18.2 Å². The van der Waals surface area contributed by atoms with Gasteiger partial charge in [0.05, 0.1) is 27.5 Å². The van der Waals surface area contributed by atoms with Crippen LogP contribution in [0.3, 0.4) is 0 Å². The van der Waals surface area contributed by atoms with Gasteiger partial charge in [-0.25, -0.2) is 36.5 Å². The molecule has 2 aliphatic rings. The van der Waals surface area contributed by atoms with Crippen LogP contribution >= 0.6 is 0 Å². The van der Waals surface area contributed by atoms with Gasteiger partial charge in [-0.1, -0.05) is 12.6 Å². The van der Waals surface area contributed by atoms with Crippen molar-refractivity contribution in [2.24, 2.45) is 0 Å². The summed E-state index contributed by atoms with van der Waals surface area (Å²) in [4.78, 5) is 42.3. The van der Waals surface area contributed by atoms with Gasteiger partial charge in [-0.3, -0.25) is 9.10 Å². The molecule has 0 N–H and O–H groups in total. The summed E-state index contributed by atoms with van der Waals surface area (Å²) in [6, 6.07) is 3.96. The summed E-state index contributed by atoms with van der Waals surface area (Å²) in [6.07, 6.45) is -1.78. The Hall–Kier alpha value is -4.93. The number of carbonyl (C=O) groups excluding carboxylic acids is 1. The van der Waals surface area contributed by atoms with Crippen LogP contribution in [0.15, 0.2) is 54.0 Å². The predicted octanol–water partition coefficient (Wildman–Crippen LogP) is 4.60. The first-order valence-electron chi connectivity index (χ1n) is 15.2. The molecule has 1 aromatic carbocycles. The summed E-state index contributed by atoms with van der Waals surface area (Å²) >= 11 is 0. The van der Waals surface area contributed by atoms with E-state index in [0.717, 1.165) is 33.1 Å². The summed E-state index contributed by atoms with van der Waals surface area (Å²) in [5.41, 5.74) is -4.97. The summed E-state index contributed by atoms with van der Waals surface area (Å²) in [5, 5.41) is -0.807. The SMILES string of the molecule is C=CC(=O)N1CCN(c2nc(=O)n(-c3c(C)ccnc3N(C)S(=O)(=O)C3CC3)c3nc(-c4c(F)cccc4C(F)(F)F)c(F)cc23)[C@@H](C)C1. The predicted molar refractivity (Wildman–Crippen MR) is 172 cm³/mol. The second-order valence-corrected chi connectivity index (χ2v) is 14.2. The highest BCUT2D eigenvalue weighted by Gasteiger charge is 2.41. The molecule has 11 nitrogen and oxygen atoms in total. The molecule has 17 heteroatoms. The summed E-state index contributed by atoms with van der Waals surface area (Å²) in [7, 11) is -2.68. The Balaban J connectivity index is 1.67. The number of pyridine rings is 2. The number of alkyl halides is 3.